The molecule has 1 fully saturated rings. The summed E-state index contributed by atoms with van der Waals surface area (Å²) in [6, 6.07) is 7.15. The number of methoxy groups -OCH3 is 1. The summed E-state index contributed by atoms with van der Waals surface area (Å²) in [6.07, 6.45) is 1.95. The SMILES string of the molecule is COc1ccc(-c2ccc(=O)n(CC(=O)N3CCCC3)n2)c(F)c1. The van der Waals surface area contributed by atoms with Gasteiger partial charge in [0, 0.05) is 30.8 Å². The van der Waals surface area contributed by atoms with E-state index in [1.807, 2.05) is 0 Å². The number of aromatic nitrogens is 2. The van der Waals surface area contributed by atoms with Gasteiger partial charge in [0.05, 0.1) is 12.8 Å². The van der Waals surface area contributed by atoms with Crippen molar-refractivity contribution in [1.29, 1.82) is 0 Å². The monoisotopic (exact) mass is 331 g/mol. The topological polar surface area (TPSA) is 64.4 Å². The molecule has 2 heterocycles. The molecule has 1 aromatic heterocycles. The van der Waals surface area contributed by atoms with Crippen LogP contribution in [0.1, 0.15) is 12.8 Å². The Morgan fingerprint density at radius 3 is 2.67 bits per heavy atom. The van der Waals surface area contributed by atoms with Gasteiger partial charge in [0.2, 0.25) is 5.91 Å². The van der Waals surface area contributed by atoms with E-state index in [0.29, 0.717) is 24.5 Å². The Labute approximate surface area is 138 Å². The summed E-state index contributed by atoms with van der Waals surface area (Å²) in [6.45, 7) is 1.28. The Morgan fingerprint density at radius 2 is 2.00 bits per heavy atom. The number of likely N-dealkylation sites (tertiary alicyclic amines) is 1. The van der Waals surface area contributed by atoms with Crippen LogP contribution in [0.3, 0.4) is 0 Å². The molecule has 2 aromatic rings. The van der Waals surface area contributed by atoms with Gasteiger partial charge in [0.15, 0.2) is 0 Å². The van der Waals surface area contributed by atoms with Crippen LogP contribution in [0.5, 0.6) is 5.75 Å². The van der Waals surface area contributed by atoms with Crippen LogP contribution in [0.4, 0.5) is 4.39 Å². The summed E-state index contributed by atoms with van der Waals surface area (Å²) in [7, 11) is 1.46. The van der Waals surface area contributed by atoms with Crippen molar-refractivity contribution in [2.75, 3.05) is 20.2 Å². The van der Waals surface area contributed by atoms with Crippen LogP contribution in [-0.2, 0) is 11.3 Å². The zero-order valence-electron chi connectivity index (χ0n) is 13.4. The second kappa shape index (κ2) is 6.82. The molecule has 1 aliphatic rings. The summed E-state index contributed by atoms with van der Waals surface area (Å²) in [5, 5.41) is 4.15. The van der Waals surface area contributed by atoms with Gasteiger partial charge in [-0.1, -0.05) is 0 Å². The molecule has 1 aromatic carbocycles. The van der Waals surface area contributed by atoms with Crippen molar-refractivity contribution >= 4 is 5.91 Å². The van der Waals surface area contributed by atoms with E-state index in [9.17, 15) is 14.0 Å². The van der Waals surface area contributed by atoms with Crippen molar-refractivity contribution in [1.82, 2.24) is 14.7 Å². The highest BCUT2D eigenvalue weighted by molar-refractivity contribution is 5.76. The van der Waals surface area contributed by atoms with Crippen LogP contribution in [0.2, 0.25) is 0 Å². The van der Waals surface area contributed by atoms with Crippen molar-refractivity contribution < 1.29 is 13.9 Å². The third kappa shape index (κ3) is 3.29. The minimum absolute atomic E-state index is 0.134. The molecule has 126 valence electrons. The fraction of sp³-hybridized carbons (Fsp3) is 0.353. The van der Waals surface area contributed by atoms with Crippen molar-refractivity contribution in [3.8, 4) is 17.0 Å². The summed E-state index contributed by atoms with van der Waals surface area (Å²) in [4.78, 5) is 25.9. The van der Waals surface area contributed by atoms with Crippen LogP contribution < -0.4 is 10.3 Å². The first-order valence-electron chi connectivity index (χ1n) is 7.78. The van der Waals surface area contributed by atoms with Gasteiger partial charge in [-0.25, -0.2) is 9.07 Å². The first-order chi connectivity index (χ1) is 11.6. The zero-order valence-corrected chi connectivity index (χ0v) is 13.4. The maximum absolute atomic E-state index is 14.2. The number of hydrogen-bond donors (Lipinski definition) is 0. The fourth-order valence-corrected chi connectivity index (χ4v) is 2.73. The second-order valence-corrected chi connectivity index (χ2v) is 5.65. The van der Waals surface area contributed by atoms with Gasteiger partial charge in [-0.2, -0.15) is 5.10 Å². The van der Waals surface area contributed by atoms with Crippen LogP contribution in [0.15, 0.2) is 35.1 Å². The Morgan fingerprint density at radius 1 is 1.25 bits per heavy atom. The molecule has 0 aliphatic carbocycles. The maximum Gasteiger partial charge on any atom is 0.267 e. The van der Waals surface area contributed by atoms with Crippen molar-refractivity contribution in [2.45, 2.75) is 19.4 Å². The molecule has 0 atom stereocenters. The Hall–Kier alpha value is -2.70. The van der Waals surface area contributed by atoms with Gasteiger partial charge < -0.3 is 9.64 Å². The zero-order chi connectivity index (χ0) is 17.1. The third-order valence-corrected chi connectivity index (χ3v) is 4.06. The van der Waals surface area contributed by atoms with E-state index in [1.54, 1.807) is 11.0 Å². The molecule has 0 spiro atoms. The van der Waals surface area contributed by atoms with Gasteiger partial charge in [-0.05, 0) is 31.0 Å². The van der Waals surface area contributed by atoms with E-state index in [0.717, 1.165) is 17.5 Å². The number of amides is 1. The number of carbonyl (C=O) groups is 1. The molecule has 1 aliphatic heterocycles. The highest BCUT2D eigenvalue weighted by Gasteiger charge is 2.19. The summed E-state index contributed by atoms with van der Waals surface area (Å²) in [5.74, 6) is -0.249. The Kier molecular flexibility index (Phi) is 4.59. The van der Waals surface area contributed by atoms with Crippen LogP contribution in [-0.4, -0.2) is 40.8 Å². The lowest BCUT2D eigenvalue weighted by molar-refractivity contribution is -0.131. The average Bonchev–Trinajstić information content (AvgIpc) is 3.11. The Bertz CT molecular complexity index is 813. The van der Waals surface area contributed by atoms with Gasteiger partial charge in [0.25, 0.3) is 5.56 Å². The number of benzene rings is 1. The number of nitrogens with zero attached hydrogens (tertiary/aromatic N) is 3. The average molecular weight is 331 g/mol. The molecule has 6 nitrogen and oxygen atoms in total. The molecule has 1 amide bonds. The van der Waals surface area contributed by atoms with Crippen molar-refractivity contribution in [2.24, 2.45) is 0 Å². The first-order valence-corrected chi connectivity index (χ1v) is 7.78. The summed E-state index contributed by atoms with van der Waals surface area (Å²) < 4.78 is 20.2. The molecule has 1 saturated heterocycles. The van der Waals surface area contributed by atoms with E-state index >= 15 is 0 Å². The number of rotatable bonds is 4. The molecule has 0 saturated carbocycles. The number of ether oxygens (including phenoxy) is 1. The van der Waals surface area contributed by atoms with E-state index in [4.69, 9.17) is 4.74 Å². The molecule has 7 heteroatoms. The van der Waals surface area contributed by atoms with Gasteiger partial charge >= 0.3 is 0 Å². The smallest absolute Gasteiger partial charge is 0.267 e. The number of hydrogen-bond acceptors (Lipinski definition) is 4. The largest absolute Gasteiger partial charge is 0.497 e. The fourth-order valence-electron chi connectivity index (χ4n) is 2.73. The van der Waals surface area contributed by atoms with Gasteiger partial charge in [-0.15, -0.1) is 0 Å². The predicted molar refractivity (Wildman–Crippen MR) is 86.3 cm³/mol. The maximum atomic E-state index is 14.2. The summed E-state index contributed by atoms with van der Waals surface area (Å²) >= 11 is 0. The quantitative estimate of drug-likeness (QED) is 0.855. The minimum Gasteiger partial charge on any atom is -0.497 e. The van der Waals surface area contributed by atoms with Crippen molar-refractivity contribution in [3.05, 3.63) is 46.5 Å². The predicted octanol–water partition coefficient (Wildman–Crippen LogP) is 1.68. The molecule has 0 unspecified atom stereocenters. The van der Waals surface area contributed by atoms with Crippen LogP contribution >= 0.6 is 0 Å². The molecule has 3 rings (SSSR count). The number of carbonyl (C=O) groups excluding carboxylic acids is 1. The normalized spacial score (nSPS) is 14.0. The lowest BCUT2D eigenvalue weighted by Gasteiger charge is -2.15. The van der Waals surface area contributed by atoms with Crippen LogP contribution in [0, 0.1) is 5.82 Å². The van der Waals surface area contributed by atoms with Gasteiger partial charge in [-0.3, -0.25) is 9.59 Å². The lowest BCUT2D eigenvalue weighted by atomic mass is 10.1. The highest BCUT2D eigenvalue weighted by atomic mass is 19.1. The molecular formula is C17H18FN3O3. The molecule has 24 heavy (non-hydrogen) atoms. The van der Waals surface area contributed by atoms with E-state index in [-0.39, 0.29) is 23.6 Å². The molecule has 0 bridgehead atoms. The molecule has 0 radical (unpaired) electrons. The number of halogens is 1. The Balaban J connectivity index is 1.88. The first kappa shape index (κ1) is 16.2. The van der Waals surface area contributed by atoms with Crippen molar-refractivity contribution in [3.63, 3.8) is 0 Å². The van der Waals surface area contributed by atoms with E-state index in [1.165, 1.54) is 31.4 Å². The summed E-state index contributed by atoms with van der Waals surface area (Å²) in [5.41, 5.74) is 0.155. The third-order valence-electron chi connectivity index (χ3n) is 4.06. The van der Waals surface area contributed by atoms with E-state index in [2.05, 4.69) is 5.10 Å². The second-order valence-electron chi connectivity index (χ2n) is 5.65. The van der Waals surface area contributed by atoms with E-state index < -0.39 is 5.82 Å². The standard InChI is InChI=1S/C17H18FN3O3/c1-24-12-4-5-13(14(18)10-12)15-6-7-16(22)21(19-15)11-17(23)20-8-2-3-9-20/h4-7,10H,2-3,8-9,11H2,1H3. The lowest BCUT2D eigenvalue weighted by Crippen LogP contribution is -2.35. The molecular weight excluding hydrogens is 313 g/mol. The van der Waals surface area contributed by atoms with Gasteiger partial charge in [0.1, 0.15) is 18.1 Å². The minimum atomic E-state index is -0.502. The highest BCUT2D eigenvalue weighted by Crippen LogP contribution is 2.24. The van der Waals surface area contributed by atoms with Crippen LogP contribution in [0.25, 0.3) is 11.3 Å². The molecule has 0 N–H and O–H groups in total.